The second-order valence-electron chi connectivity index (χ2n) is 4.08. The predicted octanol–water partition coefficient (Wildman–Crippen LogP) is 1.67. The molecule has 1 aromatic carbocycles. The quantitative estimate of drug-likeness (QED) is 0.739. The highest BCUT2D eigenvalue weighted by molar-refractivity contribution is 5.76. The lowest BCUT2D eigenvalue weighted by molar-refractivity contribution is -0.139. The van der Waals surface area contributed by atoms with Gasteiger partial charge in [0, 0.05) is 13.7 Å². The molecule has 0 saturated heterocycles. The highest BCUT2D eigenvalue weighted by Crippen LogP contribution is 2.19. The normalized spacial score (nSPS) is 12.4. The van der Waals surface area contributed by atoms with Crippen LogP contribution in [0.15, 0.2) is 18.2 Å². The van der Waals surface area contributed by atoms with E-state index in [1.54, 1.807) is 7.11 Å². The summed E-state index contributed by atoms with van der Waals surface area (Å²) in [6, 6.07) is 5.16. The topological polar surface area (TPSA) is 58.6 Å². The van der Waals surface area contributed by atoms with Crippen molar-refractivity contribution in [1.82, 2.24) is 5.32 Å². The van der Waals surface area contributed by atoms with Crippen molar-refractivity contribution < 1.29 is 14.6 Å². The Morgan fingerprint density at radius 2 is 2.18 bits per heavy atom. The van der Waals surface area contributed by atoms with E-state index in [0.717, 1.165) is 16.7 Å². The lowest BCUT2D eigenvalue weighted by atomic mass is 9.99. The van der Waals surface area contributed by atoms with Crippen LogP contribution in [0.4, 0.5) is 0 Å². The van der Waals surface area contributed by atoms with Crippen molar-refractivity contribution in [2.24, 2.45) is 0 Å². The Hall–Kier alpha value is -1.39. The van der Waals surface area contributed by atoms with E-state index in [4.69, 9.17) is 4.74 Å². The van der Waals surface area contributed by atoms with Crippen LogP contribution in [-0.4, -0.2) is 31.3 Å². The van der Waals surface area contributed by atoms with E-state index in [1.807, 2.05) is 32.0 Å². The Bertz CT molecular complexity index is 390. The van der Waals surface area contributed by atoms with Crippen LogP contribution in [0.25, 0.3) is 0 Å². The molecule has 1 atom stereocenters. The number of hydrogen-bond acceptors (Lipinski definition) is 3. The molecule has 0 aliphatic rings. The fourth-order valence-corrected chi connectivity index (χ4v) is 1.71. The molecule has 0 spiro atoms. The highest BCUT2D eigenvalue weighted by atomic mass is 16.5. The van der Waals surface area contributed by atoms with Crippen molar-refractivity contribution in [3.05, 3.63) is 34.9 Å². The molecular weight excluding hydrogens is 218 g/mol. The van der Waals surface area contributed by atoms with Gasteiger partial charge in [0.2, 0.25) is 0 Å². The number of hydrogen-bond donors (Lipinski definition) is 2. The zero-order valence-electron chi connectivity index (χ0n) is 10.5. The van der Waals surface area contributed by atoms with Crippen LogP contribution in [-0.2, 0) is 9.53 Å². The molecule has 1 unspecified atom stereocenters. The summed E-state index contributed by atoms with van der Waals surface area (Å²) in [7, 11) is 1.59. The smallest absolute Gasteiger partial charge is 0.325 e. The molecule has 17 heavy (non-hydrogen) atoms. The van der Waals surface area contributed by atoms with Crippen molar-refractivity contribution >= 4 is 5.97 Å². The maximum Gasteiger partial charge on any atom is 0.325 e. The number of carbonyl (C=O) groups is 1. The summed E-state index contributed by atoms with van der Waals surface area (Å²) in [5, 5.41) is 12.2. The number of rotatable bonds is 6. The van der Waals surface area contributed by atoms with E-state index in [9.17, 15) is 9.90 Å². The molecule has 0 aliphatic heterocycles. The standard InChI is InChI=1S/C13H19NO3/c1-9-4-5-10(2)11(8-9)12(13(15)16)14-6-7-17-3/h4-5,8,12,14H,6-7H2,1-3H3,(H,15,16). The molecule has 1 aromatic rings. The number of carboxylic acid groups (broad SMARTS) is 1. The Kier molecular flexibility index (Phi) is 5.12. The Morgan fingerprint density at radius 3 is 2.76 bits per heavy atom. The maximum absolute atomic E-state index is 11.3. The Labute approximate surface area is 102 Å². The number of carboxylic acids is 1. The van der Waals surface area contributed by atoms with E-state index >= 15 is 0 Å². The summed E-state index contributed by atoms with van der Waals surface area (Å²) in [6.45, 7) is 4.88. The number of aryl methyl sites for hydroxylation is 2. The second kappa shape index (κ2) is 6.37. The molecule has 4 heteroatoms. The molecule has 0 radical (unpaired) electrons. The van der Waals surface area contributed by atoms with E-state index in [-0.39, 0.29) is 0 Å². The van der Waals surface area contributed by atoms with Gasteiger partial charge in [-0.05, 0) is 25.0 Å². The first-order valence-corrected chi connectivity index (χ1v) is 5.58. The van der Waals surface area contributed by atoms with Crippen LogP contribution < -0.4 is 5.32 Å². The van der Waals surface area contributed by atoms with Gasteiger partial charge < -0.3 is 9.84 Å². The van der Waals surface area contributed by atoms with E-state index < -0.39 is 12.0 Å². The minimum Gasteiger partial charge on any atom is -0.480 e. The fourth-order valence-electron chi connectivity index (χ4n) is 1.71. The molecule has 0 amide bonds. The number of benzene rings is 1. The zero-order valence-corrected chi connectivity index (χ0v) is 10.5. The van der Waals surface area contributed by atoms with E-state index in [2.05, 4.69) is 5.32 Å². The van der Waals surface area contributed by atoms with Crippen molar-refractivity contribution in [1.29, 1.82) is 0 Å². The van der Waals surface area contributed by atoms with E-state index in [0.29, 0.717) is 13.2 Å². The molecule has 0 aromatic heterocycles. The van der Waals surface area contributed by atoms with Crippen molar-refractivity contribution in [3.8, 4) is 0 Å². The molecule has 4 nitrogen and oxygen atoms in total. The van der Waals surface area contributed by atoms with Crippen LogP contribution in [0.2, 0.25) is 0 Å². The van der Waals surface area contributed by atoms with Crippen LogP contribution in [0, 0.1) is 13.8 Å². The molecule has 0 bridgehead atoms. The third-order valence-electron chi connectivity index (χ3n) is 2.65. The number of aliphatic carboxylic acids is 1. The molecule has 2 N–H and O–H groups in total. The number of methoxy groups -OCH3 is 1. The van der Waals surface area contributed by atoms with Gasteiger partial charge in [-0.2, -0.15) is 0 Å². The molecule has 94 valence electrons. The Morgan fingerprint density at radius 1 is 1.47 bits per heavy atom. The Balaban J connectivity index is 2.89. The summed E-state index contributed by atoms with van der Waals surface area (Å²) >= 11 is 0. The van der Waals surface area contributed by atoms with Crippen molar-refractivity contribution in [2.75, 3.05) is 20.3 Å². The third kappa shape index (κ3) is 3.84. The summed E-state index contributed by atoms with van der Waals surface area (Å²) in [5.41, 5.74) is 2.85. The predicted molar refractivity (Wildman–Crippen MR) is 66.2 cm³/mol. The first-order chi connectivity index (χ1) is 8.06. The van der Waals surface area contributed by atoms with Gasteiger partial charge in [0.25, 0.3) is 0 Å². The monoisotopic (exact) mass is 237 g/mol. The van der Waals surface area contributed by atoms with Gasteiger partial charge >= 0.3 is 5.97 Å². The van der Waals surface area contributed by atoms with Crippen LogP contribution in [0.1, 0.15) is 22.7 Å². The minimum absolute atomic E-state index is 0.495. The van der Waals surface area contributed by atoms with Crippen molar-refractivity contribution in [3.63, 3.8) is 0 Å². The SMILES string of the molecule is COCCNC(C(=O)O)c1cc(C)ccc1C. The molecule has 0 heterocycles. The fraction of sp³-hybridized carbons (Fsp3) is 0.462. The molecule has 0 aliphatic carbocycles. The van der Waals surface area contributed by atoms with Crippen LogP contribution in [0.5, 0.6) is 0 Å². The summed E-state index contributed by atoms with van der Waals surface area (Å²) in [4.78, 5) is 11.3. The van der Waals surface area contributed by atoms with Crippen LogP contribution >= 0.6 is 0 Å². The van der Waals surface area contributed by atoms with Gasteiger partial charge in [0.05, 0.1) is 6.61 Å². The van der Waals surface area contributed by atoms with Crippen molar-refractivity contribution in [2.45, 2.75) is 19.9 Å². The molecule has 1 rings (SSSR count). The number of ether oxygens (including phenoxy) is 1. The largest absolute Gasteiger partial charge is 0.480 e. The minimum atomic E-state index is -0.866. The first-order valence-electron chi connectivity index (χ1n) is 5.58. The molecule has 0 fully saturated rings. The average molecular weight is 237 g/mol. The zero-order chi connectivity index (χ0) is 12.8. The van der Waals surface area contributed by atoms with Gasteiger partial charge in [0.1, 0.15) is 6.04 Å². The van der Waals surface area contributed by atoms with Gasteiger partial charge in [-0.1, -0.05) is 23.8 Å². The number of nitrogens with one attached hydrogen (secondary N) is 1. The summed E-state index contributed by atoms with van der Waals surface area (Å²) < 4.78 is 4.91. The lowest BCUT2D eigenvalue weighted by Gasteiger charge is -2.17. The highest BCUT2D eigenvalue weighted by Gasteiger charge is 2.20. The summed E-state index contributed by atoms with van der Waals surface area (Å²) in [6.07, 6.45) is 0. The van der Waals surface area contributed by atoms with Gasteiger partial charge in [-0.15, -0.1) is 0 Å². The van der Waals surface area contributed by atoms with Gasteiger partial charge in [-0.25, -0.2) is 0 Å². The van der Waals surface area contributed by atoms with Gasteiger partial charge in [0.15, 0.2) is 0 Å². The summed E-state index contributed by atoms with van der Waals surface area (Å²) in [5.74, 6) is -0.866. The van der Waals surface area contributed by atoms with E-state index in [1.165, 1.54) is 0 Å². The average Bonchev–Trinajstić information content (AvgIpc) is 2.28. The molecular formula is C13H19NO3. The lowest BCUT2D eigenvalue weighted by Crippen LogP contribution is -2.31. The first kappa shape index (κ1) is 13.7. The maximum atomic E-state index is 11.3. The van der Waals surface area contributed by atoms with Gasteiger partial charge in [-0.3, -0.25) is 10.1 Å². The second-order valence-corrected chi connectivity index (χ2v) is 4.08. The van der Waals surface area contributed by atoms with Crippen LogP contribution in [0.3, 0.4) is 0 Å². The third-order valence-corrected chi connectivity index (χ3v) is 2.65. The molecule has 0 saturated carbocycles.